The van der Waals surface area contributed by atoms with Crippen molar-refractivity contribution in [2.24, 2.45) is 10.8 Å². The smallest absolute Gasteiger partial charge is 0.153 e. The van der Waals surface area contributed by atoms with Crippen molar-refractivity contribution in [3.05, 3.63) is 11.6 Å². The Morgan fingerprint density at radius 1 is 1.13 bits per heavy atom. The normalized spacial score (nSPS) is 28.0. The highest BCUT2D eigenvalue weighted by molar-refractivity contribution is 5.26. The Kier molecular flexibility index (Phi) is 1.53. The molecule has 2 fully saturated rings. The zero-order valence-corrected chi connectivity index (χ0v) is 9.96. The van der Waals surface area contributed by atoms with Crippen molar-refractivity contribution in [3.63, 3.8) is 0 Å². The van der Waals surface area contributed by atoms with E-state index in [-0.39, 0.29) is 0 Å². The molecule has 1 N–H and O–H groups in total. The lowest BCUT2D eigenvalue weighted by atomic mass is 10.0. The van der Waals surface area contributed by atoms with Gasteiger partial charge in [0.25, 0.3) is 0 Å². The molecule has 2 aliphatic rings. The Bertz CT molecular complexity index is 385. The first-order valence-corrected chi connectivity index (χ1v) is 5.87. The molecule has 0 radical (unpaired) electrons. The lowest BCUT2D eigenvalue weighted by molar-refractivity contribution is 0.457. The fraction of sp³-hybridized carbons (Fsp3) is 0.833. The summed E-state index contributed by atoms with van der Waals surface area (Å²) in [6.07, 6.45) is 2.55. The summed E-state index contributed by atoms with van der Waals surface area (Å²) in [6.45, 7) is 9.27. The van der Waals surface area contributed by atoms with E-state index in [0.29, 0.717) is 22.7 Å². The molecule has 0 atom stereocenters. The molecule has 0 saturated heterocycles. The van der Waals surface area contributed by atoms with Gasteiger partial charge in [0.15, 0.2) is 5.82 Å². The van der Waals surface area contributed by atoms with Crippen molar-refractivity contribution in [2.75, 3.05) is 0 Å². The third-order valence-corrected chi connectivity index (χ3v) is 4.76. The van der Waals surface area contributed by atoms with Crippen molar-refractivity contribution in [1.82, 2.24) is 15.2 Å². The van der Waals surface area contributed by atoms with Crippen LogP contribution in [0.4, 0.5) is 0 Å². The number of hydrogen-bond acceptors (Lipinski definition) is 2. The molecule has 3 heteroatoms. The largest absolute Gasteiger partial charge is 0.263 e. The van der Waals surface area contributed by atoms with Crippen LogP contribution < -0.4 is 0 Å². The van der Waals surface area contributed by atoms with Gasteiger partial charge in [-0.15, -0.1) is 0 Å². The first-order valence-electron chi connectivity index (χ1n) is 5.87. The first-order chi connectivity index (χ1) is 6.94. The third-order valence-electron chi connectivity index (χ3n) is 4.76. The average Bonchev–Trinajstić information content (AvgIpc) is 2.96. The molecule has 0 bridgehead atoms. The van der Waals surface area contributed by atoms with Gasteiger partial charge < -0.3 is 0 Å². The van der Waals surface area contributed by atoms with E-state index in [2.05, 4.69) is 42.9 Å². The Morgan fingerprint density at radius 3 is 2.20 bits per heavy atom. The third kappa shape index (κ3) is 1.12. The Hall–Kier alpha value is -0.860. The van der Waals surface area contributed by atoms with E-state index in [9.17, 15) is 0 Å². The highest BCUT2D eigenvalue weighted by atomic mass is 15.2. The van der Waals surface area contributed by atoms with Crippen LogP contribution in [0.15, 0.2) is 0 Å². The zero-order valence-electron chi connectivity index (χ0n) is 9.96. The second-order valence-electron chi connectivity index (χ2n) is 6.23. The van der Waals surface area contributed by atoms with Crippen LogP contribution in [-0.4, -0.2) is 15.2 Å². The topological polar surface area (TPSA) is 41.6 Å². The van der Waals surface area contributed by atoms with Crippen LogP contribution >= 0.6 is 0 Å². The van der Waals surface area contributed by atoms with E-state index in [0.717, 1.165) is 11.6 Å². The molecule has 3 rings (SSSR count). The van der Waals surface area contributed by atoms with Gasteiger partial charge in [-0.25, -0.2) is 4.98 Å². The summed E-state index contributed by atoms with van der Waals surface area (Å²) in [7, 11) is 0. The molecule has 0 aliphatic heterocycles. The SMILES string of the molecule is CC1(C)C(c2nc(C3CC3)n[nH]2)C1(C)C. The predicted octanol–water partition coefficient (Wildman–Crippen LogP) is 2.83. The van der Waals surface area contributed by atoms with E-state index in [1.807, 2.05) is 0 Å². The number of hydrogen-bond donors (Lipinski definition) is 1. The van der Waals surface area contributed by atoms with Gasteiger partial charge in [0.1, 0.15) is 5.82 Å². The highest BCUT2D eigenvalue weighted by Crippen LogP contribution is 2.73. The number of rotatable bonds is 2. The van der Waals surface area contributed by atoms with Crippen molar-refractivity contribution in [2.45, 2.75) is 52.4 Å². The van der Waals surface area contributed by atoms with E-state index >= 15 is 0 Å². The number of nitrogens with zero attached hydrogens (tertiary/aromatic N) is 2. The van der Waals surface area contributed by atoms with Crippen LogP contribution in [-0.2, 0) is 0 Å². The van der Waals surface area contributed by atoms with Gasteiger partial charge in [-0.2, -0.15) is 5.10 Å². The maximum absolute atomic E-state index is 4.66. The summed E-state index contributed by atoms with van der Waals surface area (Å²) in [5.74, 6) is 3.35. The van der Waals surface area contributed by atoms with Crippen LogP contribution in [0.5, 0.6) is 0 Å². The minimum atomic E-state index is 0.355. The summed E-state index contributed by atoms with van der Waals surface area (Å²) >= 11 is 0. The van der Waals surface area contributed by atoms with Crippen LogP contribution in [0.3, 0.4) is 0 Å². The lowest BCUT2D eigenvalue weighted by Crippen LogP contribution is -1.95. The second kappa shape index (κ2) is 2.45. The highest BCUT2D eigenvalue weighted by Gasteiger charge is 2.66. The van der Waals surface area contributed by atoms with Crippen LogP contribution in [0.1, 0.15) is 64.0 Å². The summed E-state index contributed by atoms with van der Waals surface area (Å²) < 4.78 is 0. The van der Waals surface area contributed by atoms with Gasteiger partial charge in [0.2, 0.25) is 0 Å². The fourth-order valence-corrected chi connectivity index (χ4v) is 2.82. The van der Waals surface area contributed by atoms with E-state index < -0.39 is 0 Å². The summed E-state index contributed by atoms with van der Waals surface area (Å²) in [6, 6.07) is 0. The molecular formula is C12H19N3. The Morgan fingerprint density at radius 2 is 1.73 bits per heavy atom. The summed E-state index contributed by atoms with van der Waals surface area (Å²) in [5.41, 5.74) is 0.709. The molecule has 1 aromatic heterocycles. The number of aromatic nitrogens is 3. The van der Waals surface area contributed by atoms with Gasteiger partial charge in [0, 0.05) is 11.8 Å². The summed E-state index contributed by atoms with van der Waals surface area (Å²) in [4.78, 5) is 4.66. The molecule has 0 unspecified atom stereocenters. The van der Waals surface area contributed by atoms with Crippen molar-refractivity contribution < 1.29 is 0 Å². The molecule has 3 nitrogen and oxygen atoms in total. The molecule has 2 saturated carbocycles. The Balaban J connectivity index is 1.88. The van der Waals surface area contributed by atoms with E-state index in [1.165, 1.54) is 12.8 Å². The molecule has 82 valence electrons. The van der Waals surface area contributed by atoms with Crippen molar-refractivity contribution in [3.8, 4) is 0 Å². The fourth-order valence-electron chi connectivity index (χ4n) is 2.82. The molecular weight excluding hydrogens is 186 g/mol. The molecule has 0 amide bonds. The Labute approximate surface area is 90.7 Å². The molecule has 15 heavy (non-hydrogen) atoms. The number of nitrogens with one attached hydrogen (secondary N) is 1. The van der Waals surface area contributed by atoms with Gasteiger partial charge in [-0.3, -0.25) is 5.10 Å². The average molecular weight is 205 g/mol. The second-order valence-corrected chi connectivity index (χ2v) is 6.23. The molecule has 2 aliphatic carbocycles. The predicted molar refractivity (Wildman–Crippen MR) is 58.7 cm³/mol. The van der Waals surface area contributed by atoms with Crippen LogP contribution in [0.2, 0.25) is 0 Å². The maximum Gasteiger partial charge on any atom is 0.153 e. The van der Waals surface area contributed by atoms with Crippen LogP contribution in [0.25, 0.3) is 0 Å². The molecule has 0 spiro atoms. The van der Waals surface area contributed by atoms with Gasteiger partial charge in [0.05, 0.1) is 0 Å². The minimum absolute atomic E-state index is 0.355. The first kappa shape index (κ1) is 9.37. The summed E-state index contributed by atoms with van der Waals surface area (Å²) in [5, 5.41) is 7.47. The quantitative estimate of drug-likeness (QED) is 0.806. The van der Waals surface area contributed by atoms with Crippen LogP contribution in [0, 0.1) is 10.8 Å². The molecule has 0 aromatic carbocycles. The lowest BCUT2D eigenvalue weighted by Gasteiger charge is -2.03. The number of aromatic amines is 1. The minimum Gasteiger partial charge on any atom is -0.263 e. The van der Waals surface area contributed by atoms with E-state index in [1.54, 1.807) is 0 Å². The molecule has 1 aromatic rings. The van der Waals surface area contributed by atoms with Gasteiger partial charge in [-0.05, 0) is 23.7 Å². The maximum atomic E-state index is 4.66. The van der Waals surface area contributed by atoms with Gasteiger partial charge in [-0.1, -0.05) is 27.7 Å². The van der Waals surface area contributed by atoms with Gasteiger partial charge >= 0.3 is 0 Å². The molecule has 1 heterocycles. The monoisotopic (exact) mass is 205 g/mol. The zero-order chi connectivity index (χ0) is 10.8. The van der Waals surface area contributed by atoms with Crippen molar-refractivity contribution in [1.29, 1.82) is 0 Å². The van der Waals surface area contributed by atoms with E-state index in [4.69, 9.17) is 0 Å². The number of H-pyrrole nitrogens is 1. The standard InChI is InChI=1S/C12H19N3/c1-11(2)8(12(11,3)4)10-13-9(14-15-10)7-5-6-7/h7-8H,5-6H2,1-4H3,(H,13,14,15). The van der Waals surface area contributed by atoms with Crippen molar-refractivity contribution >= 4 is 0 Å².